The highest BCUT2D eigenvalue weighted by atomic mass is 79.9. The molecule has 0 aliphatic heterocycles. The summed E-state index contributed by atoms with van der Waals surface area (Å²) < 4.78 is 17.9. The van der Waals surface area contributed by atoms with Gasteiger partial charge >= 0.3 is 0 Å². The Labute approximate surface area is 248 Å². The van der Waals surface area contributed by atoms with Crippen LogP contribution in [0.1, 0.15) is 142 Å². The van der Waals surface area contributed by atoms with Gasteiger partial charge in [-0.15, -0.1) is 0 Å². The highest BCUT2D eigenvalue weighted by molar-refractivity contribution is 9.09. The molecule has 0 N–H and O–H groups in total. The molecule has 0 saturated carbocycles. The van der Waals surface area contributed by atoms with Gasteiger partial charge < -0.3 is 14.2 Å². The smallest absolute Gasteiger partial charge is 0.149 e. The van der Waals surface area contributed by atoms with Crippen molar-refractivity contribution in [3.8, 4) is 0 Å². The number of alkyl halides is 2. The van der Waals surface area contributed by atoms with Crippen LogP contribution in [0, 0.1) is 0 Å². The van der Waals surface area contributed by atoms with Gasteiger partial charge in [0, 0.05) is 10.7 Å². The summed E-state index contributed by atoms with van der Waals surface area (Å²) >= 11 is 7.01. The third-order valence-electron chi connectivity index (χ3n) is 6.69. The molecular formula is C32H60Br2O3. The number of ether oxygens (including phenoxy) is 3. The topological polar surface area (TPSA) is 27.7 Å². The Morgan fingerprint density at radius 3 is 1.30 bits per heavy atom. The van der Waals surface area contributed by atoms with Crippen LogP contribution >= 0.6 is 31.9 Å². The second-order valence-electron chi connectivity index (χ2n) is 10.2. The van der Waals surface area contributed by atoms with Crippen LogP contribution in [0.4, 0.5) is 0 Å². The monoisotopic (exact) mass is 650 g/mol. The van der Waals surface area contributed by atoms with E-state index < -0.39 is 0 Å². The molecule has 0 saturated heterocycles. The van der Waals surface area contributed by atoms with E-state index >= 15 is 0 Å². The Kier molecular flexibility index (Phi) is 32.8. The molecule has 0 aromatic carbocycles. The zero-order chi connectivity index (χ0) is 27.1. The fourth-order valence-corrected chi connectivity index (χ4v) is 5.06. The van der Waals surface area contributed by atoms with E-state index in [1.54, 1.807) is 0 Å². The van der Waals surface area contributed by atoms with Gasteiger partial charge in [0.2, 0.25) is 0 Å². The number of hydrogen-bond acceptors (Lipinski definition) is 3. The third-order valence-corrected chi connectivity index (χ3v) is 7.81. The summed E-state index contributed by atoms with van der Waals surface area (Å²) in [5.41, 5.74) is 0. The summed E-state index contributed by atoms with van der Waals surface area (Å²) in [7, 11) is 0. The minimum absolute atomic E-state index is 0.282. The van der Waals surface area contributed by atoms with Gasteiger partial charge in [0.1, 0.15) is 13.6 Å². The average Bonchev–Trinajstić information content (AvgIpc) is 2.91. The van der Waals surface area contributed by atoms with Gasteiger partial charge in [0.05, 0.1) is 12.2 Å². The van der Waals surface area contributed by atoms with E-state index in [2.05, 4.69) is 70.0 Å². The van der Waals surface area contributed by atoms with Crippen molar-refractivity contribution in [2.24, 2.45) is 0 Å². The number of allylic oxidation sites excluding steroid dienone is 4. The van der Waals surface area contributed by atoms with E-state index in [4.69, 9.17) is 14.2 Å². The van der Waals surface area contributed by atoms with Crippen LogP contribution in [0.5, 0.6) is 0 Å². The molecule has 0 aliphatic rings. The highest BCUT2D eigenvalue weighted by Gasteiger charge is 2.10. The third kappa shape index (κ3) is 29.1. The molecule has 0 radical (unpaired) electrons. The summed E-state index contributed by atoms with van der Waals surface area (Å²) in [6.07, 6.45) is 34.3. The SMILES string of the molecule is CCCCC(CCC=CCCCCCCBr)OCOCOC(CCC=CCCCCCCBr)CCCC. The van der Waals surface area contributed by atoms with Gasteiger partial charge in [-0.1, -0.05) is 121 Å². The fraction of sp³-hybridized carbons (Fsp3) is 0.875. The number of hydrogen-bond donors (Lipinski definition) is 0. The molecule has 5 heteroatoms. The molecule has 2 atom stereocenters. The zero-order valence-electron chi connectivity index (χ0n) is 24.4. The van der Waals surface area contributed by atoms with E-state index in [1.807, 2.05) is 0 Å². The van der Waals surface area contributed by atoms with Gasteiger partial charge in [0.25, 0.3) is 0 Å². The molecule has 0 aromatic heterocycles. The van der Waals surface area contributed by atoms with Gasteiger partial charge in [-0.2, -0.15) is 0 Å². The number of unbranched alkanes of at least 4 members (excludes halogenated alkanes) is 10. The molecule has 2 unspecified atom stereocenters. The van der Waals surface area contributed by atoms with Crippen LogP contribution in [0.3, 0.4) is 0 Å². The Morgan fingerprint density at radius 2 is 0.892 bits per heavy atom. The molecule has 0 fully saturated rings. The summed E-state index contributed by atoms with van der Waals surface area (Å²) in [6.45, 7) is 5.16. The summed E-state index contributed by atoms with van der Waals surface area (Å²) in [5, 5.41) is 2.26. The first-order chi connectivity index (χ1) is 18.3. The van der Waals surface area contributed by atoms with Crippen molar-refractivity contribution >= 4 is 31.9 Å². The number of halogens is 2. The Morgan fingerprint density at radius 1 is 0.486 bits per heavy atom. The maximum Gasteiger partial charge on any atom is 0.149 e. The summed E-state index contributed by atoms with van der Waals surface area (Å²) in [4.78, 5) is 0. The second-order valence-corrected chi connectivity index (χ2v) is 11.8. The van der Waals surface area contributed by atoms with Crippen molar-refractivity contribution < 1.29 is 14.2 Å². The fourth-order valence-electron chi connectivity index (χ4n) is 4.26. The maximum atomic E-state index is 6.09. The molecule has 0 bridgehead atoms. The van der Waals surface area contributed by atoms with Crippen LogP contribution in [0.15, 0.2) is 24.3 Å². The molecule has 220 valence electrons. The minimum Gasteiger partial charge on any atom is -0.352 e. The predicted molar refractivity (Wildman–Crippen MR) is 170 cm³/mol. The molecule has 0 heterocycles. The Bertz CT molecular complexity index is 443. The van der Waals surface area contributed by atoms with Crippen molar-refractivity contribution in [3.05, 3.63) is 24.3 Å². The lowest BCUT2D eigenvalue weighted by Gasteiger charge is -2.19. The quantitative estimate of drug-likeness (QED) is 0.0335. The van der Waals surface area contributed by atoms with Crippen molar-refractivity contribution in [1.82, 2.24) is 0 Å². The second kappa shape index (κ2) is 32.5. The van der Waals surface area contributed by atoms with Gasteiger partial charge in [-0.25, -0.2) is 0 Å². The zero-order valence-corrected chi connectivity index (χ0v) is 27.6. The van der Waals surface area contributed by atoms with Crippen molar-refractivity contribution in [2.45, 2.75) is 154 Å². The van der Waals surface area contributed by atoms with Crippen LogP contribution in [0.25, 0.3) is 0 Å². The lowest BCUT2D eigenvalue weighted by Crippen LogP contribution is -2.19. The van der Waals surface area contributed by atoms with Crippen LogP contribution in [-0.2, 0) is 14.2 Å². The molecule has 37 heavy (non-hydrogen) atoms. The first-order valence-corrected chi connectivity index (χ1v) is 17.8. The predicted octanol–water partition coefficient (Wildman–Crippen LogP) is 11.4. The van der Waals surface area contributed by atoms with E-state index in [0.29, 0.717) is 13.6 Å². The average molecular weight is 653 g/mol. The van der Waals surface area contributed by atoms with Crippen molar-refractivity contribution in [1.29, 1.82) is 0 Å². The van der Waals surface area contributed by atoms with E-state index in [-0.39, 0.29) is 12.2 Å². The first kappa shape index (κ1) is 37.3. The molecule has 0 aliphatic carbocycles. The molecular weight excluding hydrogens is 592 g/mol. The first-order valence-electron chi connectivity index (χ1n) is 15.5. The summed E-state index contributed by atoms with van der Waals surface area (Å²) in [5.74, 6) is 0. The van der Waals surface area contributed by atoms with E-state index in [9.17, 15) is 0 Å². The molecule has 0 amide bonds. The van der Waals surface area contributed by atoms with Gasteiger partial charge in [0.15, 0.2) is 0 Å². The lowest BCUT2D eigenvalue weighted by atomic mass is 10.1. The van der Waals surface area contributed by atoms with Gasteiger partial charge in [-0.3, -0.25) is 0 Å². The Hall–Kier alpha value is 0.320. The number of rotatable bonds is 30. The van der Waals surface area contributed by atoms with E-state index in [0.717, 1.165) is 49.2 Å². The summed E-state index contributed by atoms with van der Waals surface area (Å²) in [6, 6.07) is 0. The van der Waals surface area contributed by atoms with Crippen LogP contribution in [0.2, 0.25) is 0 Å². The lowest BCUT2D eigenvalue weighted by molar-refractivity contribution is -0.167. The maximum absolute atomic E-state index is 6.09. The molecule has 0 aromatic rings. The van der Waals surface area contributed by atoms with Crippen molar-refractivity contribution in [2.75, 3.05) is 24.2 Å². The highest BCUT2D eigenvalue weighted by Crippen LogP contribution is 2.15. The largest absolute Gasteiger partial charge is 0.352 e. The molecule has 0 rings (SSSR count). The normalized spacial score (nSPS) is 13.7. The van der Waals surface area contributed by atoms with Crippen LogP contribution < -0.4 is 0 Å². The molecule has 0 spiro atoms. The Balaban J connectivity index is 4.05. The molecule has 3 nitrogen and oxygen atoms in total. The van der Waals surface area contributed by atoms with Crippen LogP contribution in [-0.4, -0.2) is 36.5 Å². The minimum atomic E-state index is 0.282. The van der Waals surface area contributed by atoms with Crippen molar-refractivity contribution in [3.63, 3.8) is 0 Å². The van der Waals surface area contributed by atoms with Gasteiger partial charge in [-0.05, 0) is 77.0 Å². The standard InChI is InChI=1S/C32H60Br2O3/c1-3-5-23-31(25-19-15-11-7-9-13-17-21-27-33)36-29-35-30-37-32(24-6-4-2)26-20-16-12-8-10-14-18-22-28-34/h11-12,15-16,31-32H,3-10,13-14,17-30H2,1-2H3. The van der Waals surface area contributed by atoms with E-state index in [1.165, 1.54) is 89.9 Å².